The highest BCUT2D eigenvalue weighted by Gasteiger charge is 2.40. The number of benzene rings is 1. The van der Waals surface area contributed by atoms with Crippen LogP contribution in [0.2, 0.25) is 0 Å². The molecule has 1 amide bonds. The zero-order valence-electron chi connectivity index (χ0n) is 12.4. The molecule has 1 atom stereocenters. The Balaban J connectivity index is 2.12. The van der Waals surface area contributed by atoms with Crippen LogP contribution in [0.25, 0.3) is 0 Å². The number of rotatable bonds is 3. The molecule has 0 spiro atoms. The number of alkyl halides is 3. The van der Waals surface area contributed by atoms with Crippen LogP contribution in [-0.4, -0.2) is 34.0 Å². The van der Waals surface area contributed by atoms with Crippen LogP contribution in [0.3, 0.4) is 0 Å². The quantitative estimate of drug-likeness (QED) is 0.904. The number of halogens is 3. The van der Waals surface area contributed by atoms with Crippen LogP contribution in [0.15, 0.2) is 42.6 Å². The van der Waals surface area contributed by atoms with Crippen molar-refractivity contribution in [3.63, 3.8) is 0 Å². The second-order valence-corrected chi connectivity index (χ2v) is 5.25. The summed E-state index contributed by atoms with van der Waals surface area (Å²) in [4.78, 5) is 17.6. The summed E-state index contributed by atoms with van der Waals surface area (Å²) in [6, 6.07) is 8.66. The first-order valence-corrected chi connectivity index (χ1v) is 7.23. The molecular formula is C16H14F3N3O2. The van der Waals surface area contributed by atoms with Gasteiger partial charge in [0.15, 0.2) is 0 Å². The first-order valence-electron chi connectivity index (χ1n) is 7.23. The van der Waals surface area contributed by atoms with E-state index in [2.05, 4.69) is 10.3 Å². The maximum absolute atomic E-state index is 13.3. The topological polar surface area (TPSA) is 65.5 Å². The monoisotopic (exact) mass is 337 g/mol. The lowest BCUT2D eigenvalue weighted by molar-refractivity contribution is -0.139. The van der Waals surface area contributed by atoms with E-state index in [0.717, 1.165) is 11.0 Å². The maximum atomic E-state index is 13.3. The van der Waals surface area contributed by atoms with Crippen LogP contribution in [0, 0.1) is 0 Å². The van der Waals surface area contributed by atoms with Gasteiger partial charge < -0.3 is 15.3 Å². The van der Waals surface area contributed by atoms with Gasteiger partial charge in [-0.25, -0.2) is 0 Å². The Morgan fingerprint density at radius 2 is 1.96 bits per heavy atom. The number of pyridine rings is 1. The number of aliphatic hydroxyl groups excluding tert-OH is 1. The van der Waals surface area contributed by atoms with Gasteiger partial charge in [0, 0.05) is 18.4 Å². The number of aromatic nitrogens is 1. The van der Waals surface area contributed by atoms with Crippen molar-refractivity contribution in [3.05, 3.63) is 59.4 Å². The Morgan fingerprint density at radius 3 is 2.67 bits per heavy atom. The molecule has 3 rings (SSSR count). The molecule has 0 aliphatic carbocycles. The van der Waals surface area contributed by atoms with Crippen molar-refractivity contribution >= 4 is 11.6 Å². The number of hydrogen-bond donors (Lipinski definition) is 2. The summed E-state index contributed by atoms with van der Waals surface area (Å²) in [5.41, 5.74) is -0.453. The number of fused-ring (bicyclic) bond motifs is 1. The SMILES string of the molecule is O=C1c2ccccc2N[C@@H](c2ncccc2C(F)(F)F)N1CCO. The fraction of sp³-hybridized carbons (Fsp3) is 0.250. The summed E-state index contributed by atoms with van der Waals surface area (Å²) in [6.07, 6.45) is -4.47. The number of hydrogen-bond acceptors (Lipinski definition) is 4. The molecule has 24 heavy (non-hydrogen) atoms. The highest BCUT2D eigenvalue weighted by molar-refractivity contribution is 6.01. The molecule has 0 saturated heterocycles. The summed E-state index contributed by atoms with van der Waals surface area (Å²) in [5.74, 6) is -0.456. The van der Waals surface area contributed by atoms with Crippen LogP contribution in [0.5, 0.6) is 0 Å². The van der Waals surface area contributed by atoms with Crippen molar-refractivity contribution in [1.82, 2.24) is 9.88 Å². The normalized spacial score (nSPS) is 17.4. The summed E-state index contributed by atoms with van der Waals surface area (Å²) < 4.78 is 39.9. The molecule has 1 aromatic heterocycles. The predicted molar refractivity (Wildman–Crippen MR) is 80.2 cm³/mol. The number of anilines is 1. The van der Waals surface area contributed by atoms with Gasteiger partial charge >= 0.3 is 6.18 Å². The maximum Gasteiger partial charge on any atom is 0.418 e. The molecule has 0 radical (unpaired) electrons. The van der Waals surface area contributed by atoms with Crippen molar-refractivity contribution in [2.24, 2.45) is 0 Å². The average Bonchev–Trinajstić information content (AvgIpc) is 2.56. The first kappa shape index (κ1) is 16.3. The van der Waals surface area contributed by atoms with E-state index in [0.29, 0.717) is 11.3 Å². The second-order valence-electron chi connectivity index (χ2n) is 5.25. The minimum Gasteiger partial charge on any atom is -0.395 e. The molecule has 0 bridgehead atoms. The van der Waals surface area contributed by atoms with E-state index >= 15 is 0 Å². The highest BCUT2D eigenvalue weighted by Crippen LogP contribution is 2.38. The second kappa shape index (κ2) is 6.12. The number of para-hydroxylation sites is 1. The predicted octanol–water partition coefficient (Wildman–Crippen LogP) is 2.66. The largest absolute Gasteiger partial charge is 0.418 e. The van der Waals surface area contributed by atoms with Crippen molar-refractivity contribution in [2.45, 2.75) is 12.3 Å². The standard InChI is InChI=1S/C16H14F3N3O2/c17-16(18,19)11-5-3-7-20-13(11)14-21-12-6-2-1-4-10(12)15(24)22(14)8-9-23/h1-7,14,21,23H,8-9H2/t14-/m1/s1. The number of β-amino-alcohol motifs (C(OH)–C–C–N with tert-alkyl or cyclic N) is 1. The van der Waals surface area contributed by atoms with Gasteiger partial charge in [-0.3, -0.25) is 9.78 Å². The van der Waals surface area contributed by atoms with E-state index in [1.807, 2.05) is 0 Å². The third-order valence-electron chi connectivity index (χ3n) is 3.77. The Hall–Kier alpha value is -2.61. The van der Waals surface area contributed by atoms with E-state index in [1.165, 1.54) is 12.3 Å². The summed E-state index contributed by atoms with van der Waals surface area (Å²) in [5, 5.41) is 12.1. The smallest absolute Gasteiger partial charge is 0.395 e. The molecule has 1 aliphatic heterocycles. The lowest BCUT2D eigenvalue weighted by Crippen LogP contribution is -2.45. The van der Waals surface area contributed by atoms with Crippen LogP contribution in [0.4, 0.5) is 18.9 Å². The zero-order chi connectivity index (χ0) is 17.3. The van der Waals surface area contributed by atoms with Gasteiger partial charge in [0.05, 0.1) is 23.4 Å². The number of nitrogens with zero attached hydrogens (tertiary/aromatic N) is 2. The number of nitrogens with one attached hydrogen (secondary N) is 1. The molecular weight excluding hydrogens is 323 g/mol. The molecule has 0 fully saturated rings. The molecule has 1 aliphatic rings. The molecule has 8 heteroatoms. The van der Waals surface area contributed by atoms with E-state index in [4.69, 9.17) is 0 Å². The van der Waals surface area contributed by atoms with Gasteiger partial charge in [-0.1, -0.05) is 12.1 Å². The molecule has 2 aromatic rings. The minimum absolute atomic E-state index is 0.112. The Morgan fingerprint density at radius 1 is 1.21 bits per heavy atom. The molecule has 2 N–H and O–H groups in total. The van der Waals surface area contributed by atoms with E-state index in [-0.39, 0.29) is 18.8 Å². The molecule has 126 valence electrons. The van der Waals surface area contributed by atoms with E-state index < -0.39 is 23.8 Å². The fourth-order valence-corrected chi connectivity index (χ4v) is 2.72. The highest BCUT2D eigenvalue weighted by atomic mass is 19.4. The molecule has 1 aromatic carbocycles. The molecule has 2 heterocycles. The molecule has 5 nitrogen and oxygen atoms in total. The minimum atomic E-state index is -4.60. The third kappa shape index (κ3) is 2.80. The number of carbonyl (C=O) groups excluding carboxylic acids is 1. The average molecular weight is 337 g/mol. The van der Waals surface area contributed by atoms with Crippen molar-refractivity contribution < 1.29 is 23.1 Å². The lowest BCUT2D eigenvalue weighted by Gasteiger charge is -2.38. The van der Waals surface area contributed by atoms with Crippen LogP contribution in [-0.2, 0) is 6.18 Å². The zero-order valence-corrected chi connectivity index (χ0v) is 12.4. The summed E-state index contributed by atoms with van der Waals surface area (Å²) >= 11 is 0. The number of carbonyl (C=O) groups is 1. The van der Waals surface area contributed by atoms with E-state index in [9.17, 15) is 23.1 Å². The van der Waals surface area contributed by atoms with Gasteiger partial charge in [0.2, 0.25) is 0 Å². The van der Waals surface area contributed by atoms with Crippen LogP contribution >= 0.6 is 0 Å². The summed E-state index contributed by atoms with van der Waals surface area (Å²) in [7, 11) is 0. The van der Waals surface area contributed by atoms with E-state index in [1.54, 1.807) is 24.3 Å². The Labute approximate surface area is 135 Å². The number of amides is 1. The number of aliphatic hydroxyl groups is 1. The third-order valence-corrected chi connectivity index (χ3v) is 3.77. The first-order chi connectivity index (χ1) is 11.4. The fourth-order valence-electron chi connectivity index (χ4n) is 2.72. The Bertz CT molecular complexity index is 764. The summed E-state index contributed by atoms with van der Waals surface area (Å²) in [6.45, 7) is -0.487. The Kier molecular flexibility index (Phi) is 4.15. The van der Waals surface area contributed by atoms with Crippen LogP contribution in [0.1, 0.15) is 27.8 Å². The van der Waals surface area contributed by atoms with Gasteiger partial charge in [0.25, 0.3) is 5.91 Å². The van der Waals surface area contributed by atoms with Gasteiger partial charge in [-0.05, 0) is 24.3 Å². The van der Waals surface area contributed by atoms with Gasteiger partial charge in [0.1, 0.15) is 6.17 Å². The molecule has 0 saturated carbocycles. The van der Waals surface area contributed by atoms with Crippen molar-refractivity contribution in [2.75, 3.05) is 18.5 Å². The lowest BCUT2D eigenvalue weighted by atomic mass is 10.0. The van der Waals surface area contributed by atoms with Gasteiger partial charge in [-0.15, -0.1) is 0 Å². The molecule has 0 unspecified atom stereocenters. The van der Waals surface area contributed by atoms with Crippen molar-refractivity contribution in [1.29, 1.82) is 0 Å². The van der Waals surface area contributed by atoms with Gasteiger partial charge in [-0.2, -0.15) is 13.2 Å². The van der Waals surface area contributed by atoms with Crippen LogP contribution < -0.4 is 5.32 Å². The van der Waals surface area contributed by atoms with Crippen molar-refractivity contribution in [3.8, 4) is 0 Å².